The number of nitrogens with one attached hydrogen (secondary N) is 1. The average Bonchev–Trinajstić information content (AvgIpc) is 2.57. The third-order valence-corrected chi connectivity index (χ3v) is 3.11. The van der Waals surface area contributed by atoms with Crippen LogP contribution in [0.25, 0.3) is 0 Å². The molecular formula is C9H15ClN2S. The summed E-state index contributed by atoms with van der Waals surface area (Å²) in [6.45, 7) is 5.22. The van der Waals surface area contributed by atoms with Crippen LogP contribution >= 0.6 is 22.9 Å². The van der Waals surface area contributed by atoms with Crippen LogP contribution in [0.5, 0.6) is 0 Å². The summed E-state index contributed by atoms with van der Waals surface area (Å²) in [6.07, 6.45) is 1.89. The Labute approximate surface area is 88.3 Å². The molecule has 1 heterocycles. The van der Waals surface area contributed by atoms with E-state index in [-0.39, 0.29) is 0 Å². The molecule has 0 aliphatic rings. The van der Waals surface area contributed by atoms with Gasteiger partial charge in [-0.3, -0.25) is 4.98 Å². The van der Waals surface area contributed by atoms with E-state index in [0.717, 1.165) is 6.54 Å². The van der Waals surface area contributed by atoms with E-state index in [1.165, 1.54) is 4.88 Å². The molecule has 13 heavy (non-hydrogen) atoms. The first-order valence-corrected chi connectivity index (χ1v) is 5.82. The summed E-state index contributed by atoms with van der Waals surface area (Å²) in [7, 11) is 0. The fourth-order valence-electron chi connectivity index (χ4n) is 1.03. The Balaban J connectivity index is 2.32. The van der Waals surface area contributed by atoms with E-state index in [1.54, 1.807) is 11.3 Å². The number of thiazole rings is 1. The molecule has 0 radical (unpaired) electrons. The van der Waals surface area contributed by atoms with E-state index in [4.69, 9.17) is 11.6 Å². The van der Waals surface area contributed by atoms with Crippen molar-refractivity contribution in [3.63, 3.8) is 0 Å². The van der Waals surface area contributed by atoms with Crippen LogP contribution in [0.1, 0.15) is 18.7 Å². The fourth-order valence-corrected chi connectivity index (χ4v) is 2.04. The van der Waals surface area contributed by atoms with E-state index in [2.05, 4.69) is 24.1 Å². The van der Waals surface area contributed by atoms with Crippen molar-refractivity contribution < 1.29 is 0 Å². The number of alkyl halides is 1. The van der Waals surface area contributed by atoms with Gasteiger partial charge >= 0.3 is 0 Å². The lowest BCUT2D eigenvalue weighted by atomic mass is 10.1. The highest BCUT2D eigenvalue weighted by Gasteiger charge is 2.10. The van der Waals surface area contributed by atoms with Crippen LogP contribution < -0.4 is 5.32 Å². The molecule has 0 spiro atoms. The second kappa shape index (κ2) is 5.58. The zero-order chi connectivity index (χ0) is 9.68. The van der Waals surface area contributed by atoms with Gasteiger partial charge in [0.15, 0.2) is 0 Å². The van der Waals surface area contributed by atoms with E-state index in [0.29, 0.717) is 17.8 Å². The maximum Gasteiger partial charge on any atom is 0.0794 e. The van der Waals surface area contributed by atoms with Crippen molar-refractivity contribution in [3.8, 4) is 0 Å². The normalized spacial score (nSPS) is 13.5. The Morgan fingerprint density at radius 1 is 1.62 bits per heavy atom. The first-order chi connectivity index (χ1) is 6.24. The van der Waals surface area contributed by atoms with Crippen molar-refractivity contribution in [2.24, 2.45) is 5.92 Å². The van der Waals surface area contributed by atoms with Crippen molar-refractivity contribution in [1.29, 1.82) is 0 Å². The molecule has 1 aromatic rings. The van der Waals surface area contributed by atoms with E-state index >= 15 is 0 Å². The first kappa shape index (κ1) is 11.0. The molecule has 1 atom stereocenters. The van der Waals surface area contributed by atoms with E-state index in [1.807, 2.05) is 11.7 Å². The van der Waals surface area contributed by atoms with Gasteiger partial charge in [-0.25, -0.2) is 0 Å². The number of aromatic nitrogens is 1. The van der Waals surface area contributed by atoms with Gasteiger partial charge in [0.1, 0.15) is 0 Å². The van der Waals surface area contributed by atoms with Gasteiger partial charge < -0.3 is 5.32 Å². The van der Waals surface area contributed by atoms with Gasteiger partial charge in [-0.2, -0.15) is 0 Å². The predicted octanol–water partition coefficient (Wildman–Crippen LogP) is 2.50. The third-order valence-electron chi connectivity index (χ3n) is 1.99. The summed E-state index contributed by atoms with van der Waals surface area (Å²) < 4.78 is 0. The van der Waals surface area contributed by atoms with Gasteiger partial charge in [-0.15, -0.1) is 22.9 Å². The monoisotopic (exact) mass is 218 g/mol. The zero-order valence-electron chi connectivity index (χ0n) is 7.96. The molecule has 0 aromatic carbocycles. The largest absolute Gasteiger partial charge is 0.308 e. The number of halogens is 1. The van der Waals surface area contributed by atoms with Crippen LogP contribution in [0.4, 0.5) is 0 Å². The Morgan fingerprint density at radius 2 is 2.38 bits per heavy atom. The quantitative estimate of drug-likeness (QED) is 0.769. The van der Waals surface area contributed by atoms with Crippen molar-refractivity contribution in [2.75, 3.05) is 5.88 Å². The fraction of sp³-hybridized carbons (Fsp3) is 0.667. The summed E-state index contributed by atoms with van der Waals surface area (Å²) in [5.41, 5.74) is 1.85. The maximum absolute atomic E-state index is 5.83. The van der Waals surface area contributed by atoms with Crippen LogP contribution in [0.15, 0.2) is 11.7 Å². The number of rotatable bonds is 5. The molecule has 0 saturated carbocycles. The molecule has 0 bridgehead atoms. The molecule has 0 aliphatic carbocycles. The van der Waals surface area contributed by atoms with Gasteiger partial charge in [-0.1, -0.05) is 13.8 Å². The van der Waals surface area contributed by atoms with Crippen molar-refractivity contribution in [3.05, 3.63) is 16.6 Å². The van der Waals surface area contributed by atoms with Gasteiger partial charge in [0.2, 0.25) is 0 Å². The molecule has 1 rings (SSSR count). The minimum Gasteiger partial charge on any atom is -0.308 e. The predicted molar refractivity (Wildman–Crippen MR) is 58.3 cm³/mol. The highest BCUT2D eigenvalue weighted by atomic mass is 35.5. The third kappa shape index (κ3) is 3.63. The van der Waals surface area contributed by atoms with Crippen LogP contribution in [-0.4, -0.2) is 16.9 Å². The minimum absolute atomic E-state index is 0.392. The highest BCUT2D eigenvalue weighted by Crippen LogP contribution is 2.08. The molecule has 2 nitrogen and oxygen atoms in total. The Bertz CT molecular complexity index is 224. The SMILES string of the molecule is CC(C)C(CCl)NCc1cncs1. The molecule has 0 amide bonds. The van der Waals surface area contributed by atoms with Gasteiger partial charge in [0, 0.05) is 29.5 Å². The lowest BCUT2D eigenvalue weighted by molar-refractivity contribution is 0.431. The van der Waals surface area contributed by atoms with Crippen LogP contribution in [0, 0.1) is 5.92 Å². The maximum atomic E-state index is 5.83. The second-order valence-electron chi connectivity index (χ2n) is 3.35. The number of nitrogens with zero attached hydrogens (tertiary/aromatic N) is 1. The smallest absolute Gasteiger partial charge is 0.0794 e. The molecule has 74 valence electrons. The number of hydrogen-bond acceptors (Lipinski definition) is 3. The summed E-state index contributed by atoms with van der Waals surface area (Å²) in [5.74, 6) is 1.24. The minimum atomic E-state index is 0.392. The van der Waals surface area contributed by atoms with Crippen LogP contribution in [0.3, 0.4) is 0 Å². The lowest BCUT2D eigenvalue weighted by Crippen LogP contribution is -2.34. The summed E-state index contributed by atoms with van der Waals surface area (Å²) in [5, 5.41) is 3.41. The van der Waals surface area contributed by atoms with E-state index in [9.17, 15) is 0 Å². The molecule has 4 heteroatoms. The Kier molecular flexibility index (Phi) is 4.70. The van der Waals surface area contributed by atoms with Gasteiger partial charge in [0.25, 0.3) is 0 Å². The van der Waals surface area contributed by atoms with Crippen molar-refractivity contribution in [1.82, 2.24) is 10.3 Å². The number of hydrogen-bond donors (Lipinski definition) is 1. The van der Waals surface area contributed by atoms with Crippen molar-refractivity contribution >= 4 is 22.9 Å². The average molecular weight is 219 g/mol. The summed E-state index contributed by atoms with van der Waals surface area (Å²) in [4.78, 5) is 5.28. The highest BCUT2D eigenvalue weighted by molar-refractivity contribution is 7.09. The molecule has 0 saturated heterocycles. The second-order valence-corrected chi connectivity index (χ2v) is 4.63. The van der Waals surface area contributed by atoms with Crippen molar-refractivity contribution in [2.45, 2.75) is 26.4 Å². The van der Waals surface area contributed by atoms with E-state index < -0.39 is 0 Å². The molecular weight excluding hydrogens is 204 g/mol. The Morgan fingerprint density at radius 3 is 2.85 bits per heavy atom. The lowest BCUT2D eigenvalue weighted by Gasteiger charge is -2.18. The molecule has 1 aromatic heterocycles. The molecule has 1 unspecified atom stereocenters. The summed E-state index contributed by atoms with van der Waals surface area (Å²) in [6, 6.07) is 0.392. The molecule has 0 aliphatic heterocycles. The molecule has 0 fully saturated rings. The summed E-state index contributed by atoms with van der Waals surface area (Å²) >= 11 is 7.50. The zero-order valence-corrected chi connectivity index (χ0v) is 9.53. The van der Waals surface area contributed by atoms with Crippen LogP contribution in [0.2, 0.25) is 0 Å². The first-order valence-electron chi connectivity index (χ1n) is 4.40. The standard InChI is InChI=1S/C9H15ClN2S/c1-7(2)9(3-10)12-5-8-4-11-6-13-8/h4,6-7,9,12H,3,5H2,1-2H3. The van der Waals surface area contributed by atoms with Crippen LogP contribution in [-0.2, 0) is 6.54 Å². The topological polar surface area (TPSA) is 24.9 Å². The van der Waals surface area contributed by atoms with Gasteiger partial charge in [0.05, 0.1) is 5.51 Å². The molecule has 1 N–H and O–H groups in total. The van der Waals surface area contributed by atoms with Gasteiger partial charge in [-0.05, 0) is 5.92 Å². The Hall–Kier alpha value is -0.120.